The van der Waals surface area contributed by atoms with E-state index in [4.69, 9.17) is 10.5 Å². The fraction of sp³-hybridized carbons (Fsp3) is 0.833. The van der Waals surface area contributed by atoms with Crippen molar-refractivity contribution in [1.82, 2.24) is 10.2 Å². The molecule has 0 aromatic heterocycles. The number of nitrogens with zero attached hydrogens (tertiary/aromatic N) is 1. The van der Waals surface area contributed by atoms with Crippen molar-refractivity contribution in [3.05, 3.63) is 0 Å². The first-order valence-electron chi connectivity index (χ1n) is 6.25. The Hall–Kier alpha value is -1.14. The number of likely N-dealkylation sites (N-methyl/N-ethyl adjacent to an activating group) is 1. The van der Waals surface area contributed by atoms with Gasteiger partial charge in [0.25, 0.3) is 0 Å². The topological polar surface area (TPSA) is 84.7 Å². The Morgan fingerprint density at radius 3 is 2.50 bits per heavy atom. The molecule has 6 nitrogen and oxygen atoms in total. The number of hydrogen-bond donors (Lipinski definition) is 2. The molecule has 0 aliphatic carbocycles. The van der Waals surface area contributed by atoms with E-state index in [-0.39, 0.29) is 24.3 Å². The minimum Gasteiger partial charge on any atom is -0.380 e. The molecule has 3 N–H and O–H groups in total. The predicted octanol–water partition coefficient (Wildman–Crippen LogP) is -0.419. The summed E-state index contributed by atoms with van der Waals surface area (Å²) in [5.41, 5.74) is 5.66. The molecular formula is C12H25N3O3. The van der Waals surface area contributed by atoms with Crippen LogP contribution < -0.4 is 11.1 Å². The zero-order valence-electron chi connectivity index (χ0n) is 11.7. The average Bonchev–Trinajstić information content (AvgIpc) is 2.34. The predicted molar refractivity (Wildman–Crippen MR) is 70.0 cm³/mol. The molecule has 0 bridgehead atoms. The molecule has 0 saturated carbocycles. The van der Waals surface area contributed by atoms with Crippen molar-refractivity contribution < 1.29 is 14.3 Å². The maximum atomic E-state index is 11.6. The van der Waals surface area contributed by atoms with Crippen molar-refractivity contribution in [2.45, 2.75) is 26.8 Å². The smallest absolute Gasteiger partial charge is 0.241 e. The number of nitrogens with one attached hydrogen (secondary N) is 1. The summed E-state index contributed by atoms with van der Waals surface area (Å²) < 4.78 is 5.15. The van der Waals surface area contributed by atoms with Crippen molar-refractivity contribution in [3.63, 3.8) is 0 Å². The van der Waals surface area contributed by atoms with E-state index < -0.39 is 6.04 Å². The Morgan fingerprint density at radius 1 is 1.39 bits per heavy atom. The van der Waals surface area contributed by atoms with Gasteiger partial charge in [0.1, 0.15) is 0 Å². The largest absolute Gasteiger partial charge is 0.380 e. The van der Waals surface area contributed by atoms with Gasteiger partial charge >= 0.3 is 0 Å². The van der Waals surface area contributed by atoms with Crippen LogP contribution in [-0.2, 0) is 14.3 Å². The number of hydrogen-bond acceptors (Lipinski definition) is 4. The van der Waals surface area contributed by atoms with E-state index >= 15 is 0 Å². The molecule has 0 aliphatic rings. The van der Waals surface area contributed by atoms with Gasteiger partial charge in [-0.25, -0.2) is 0 Å². The number of rotatable bonds is 8. The Bertz CT molecular complexity index is 269. The zero-order chi connectivity index (χ0) is 14.1. The van der Waals surface area contributed by atoms with Crippen molar-refractivity contribution in [2.75, 3.05) is 33.4 Å². The van der Waals surface area contributed by atoms with Crippen LogP contribution in [0.4, 0.5) is 0 Å². The van der Waals surface area contributed by atoms with E-state index in [1.54, 1.807) is 7.05 Å². The molecule has 0 rings (SSSR count). The SMILES string of the molecule is CCOCCN(C)C(=O)CNC(=O)[C@@H](N)C(C)C. The van der Waals surface area contributed by atoms with Crippen LogP contribution in [0.5, 0.6) is 0 Å². The van der Waals surface area contributed by atoms with Crippen LogP contribution in [-0.4, -0.2) is 56.1 Å². The average molecular weight is 259 g/mol. The lowest BCUT2D eigenvalue weighted by Gasteiger charge is -2.19. The summed E-state index contributed by atoms with van der Waals surface area (Å²) in [4.78, 5) is 24.7. The zero-order valence-corrected chi connectivity index (χ0v) is 11.7. The fourth-order valence-electron chi connectivity index (χ4n) is 1.19. The summed E-state index contributed by atoms with van der Waals surface area (Å²) in [5, 5.41) is 2.54. The number of ether oxygens (including phenoxy) is 1. The lowest BCUT2D eigenvalue weighted by Crippen LogP contribution is -2.47. The second kappa shape index (κ2) is 8.88. The first-order chi connectivity index (χ1) is 8.40. The molecule has 0 saturated heterocycles. The Balaban J connectivity index is 3.91. The van der Waals surface area contributed by atoms with Gasteiger partial charge in [-0.3, -0.25) is 9.59 Å². The molecule has 0 unspecified atom stereocenters. The Kier molecular flexibility index (Phi) is 8.32. The Labute approximate surface area is 109 Å². The summed E-state index contributed by atoms with van der Waals surface area (Å²) in [6, 6.07) is -0.577. The molecule has 0 spiro atoms. The number of carbonyl (C=O) groups is 2. The molecule has 0 aromatic carbocycles. The maximum absolute atomic E-state index is 11.6. The van der Waals surface area contributed by atoms with E-state index in [0.29, 0.717) is 19.8 Å². The molecular weight excluding hydrogens is 234 g/mol. The van der Waals surface area contributed by atoms with Gasteiger partial charge in [0.15, 0.2) is 0 Å². The highest BCUT2D eigenvalue weighted by Gasteiger charge is 2.18. The van der Waals surface area contributed by atoms with Gasteiger partial charge in [-0.05, 0) is 12.8 Å². The second-order valence-electron chi connectivity index (χ2n) is 4.50. The van der Waals surface area contributed by atoms with Crippen LogP contribution in [0.3, 0.4) is 0 Å². The normalized spacial score (nSPS) is 12.3. The molecule has 1 atom stereocenters. The molecule has 106 valence electrons. The van der Waals surface area contributed by atoms with E-state index in [9.17, 15) is 9.59 Å². The first-order valence-corrected chi connectivity index (χ1v) is 6.25. The Morgan fingerprint density at radius 2 is 2.00 bits per heavy atom. The fourth-order valence-corrected chi connectivity index (χ4v) is 1.19. The summed E-state index contributed by atoms with van der Waals surface area (Å²) in [6.07, 6.45) is 0. The van der Waals surface area contributed by atoms with E-state index in [1.165, 1.54) is 4.90 Å². The van der Waals surface area contributed by atoms with Gasteiger partial charge < -0.3 is 20.7 Å². The highest BCUT2D eigenvalue weighted by atomic mass is 16.5. The minimum atomic E-state index is -0.577. The van der Waals surface area contributed by atoms with Crippen LogP contribution in [0.25, 0.3) is 0 Å². The number of nitrogens with two attached hydrogens (primary N) is 1. The van der Waals surface area contributed by atoms with Crippen LogP contribution in [0.1, 0.15) is 20.8 Å². The van der Waals surface area contributed by atoms with Crippen LogP contribution in [0, 0.1) is 5.92 Å². The quantitative estimate of drug-likeness (QED) is 0.580. The van der Waals surface area contributed by atoms with E-state index in [2.05, 4.69) is 5.32 Å². The van der Waals surface area contributed by atoms with Crippen LogP contribution >= 0.6 is 0 Å². The summed E-state index contributed by atoms with van der Waals surface area (Å²) in [7, 11) is 1.68. The number of amides is 2. The second-order valence-corrected chi connectivity index (χ2v) is 4.50. The molecule has 2 amide bonds. The lowest BCUT2D eigenvalue weighted by molar-refractivity contribution is -0.132. The lowest BCUT2D eigenvalue weighted by atomic mass is 10.1. The van der Waals surface area contributed by atoms with E-state index in [0.717, 1.165) is 0 Å². The number of carbonyl (C=O) groups excluding carboxylic acids is 2. The van der Waals surface area contributed by atoms with E-state index in [1.807, 2.05) is 20.8 Å². The molecule has 0 aliphatic heterocycles. The summed E-state index contributed by atoms with van der Waals surface area (Å²) in [6.45, 7) is 7.23. The minimum absolute atomic E-state index is 0.0259. The van der Waals surface area contributed by atoms with Gasteiger partial charge in [0, 0.05) is 20.2 Å². The third-order valence-electron chi connectivity index (χ3n) is 2.64. The molecule has 18 heavy (non-hydrogen) atoms. The molecule has 0 fully saturated rings. The van der Waals surface area contributed by atoms with Crippen molar-refractivity contribution in [1.29, 1.82) is 0 Å². The van der Waals surface area contributed by atoms with Gasteiger partial charge in [-0.2, -0.15) is 0 Å². The van der Waals surface area contributed by atoms with Gasteiger partial charge in [-0.1, -0.05) is 13.8 Å². The highest BCUT2D eigenvalue weighted by Crippen LogP contribution is 1.97. The summed E-state index contributed by atoms with van der Waals surface area (Å²) >= 11 is 0. The van der Waals surface area contributed by atoms with Crippen LogP contribution in [0.15, 0.2) is 0 Å². The van der Waals surface area contributed by atoms with Crippen molar-refractivity contribution >= 4 is 11.8 Å². The summed E-state index contributed by atoms with van der Waals surface area (Å²) in [5.74, 6) is -0.397. The third kappa shape index (κ3) is 6.56. The molecule has 0 heterocycles. The van der Waals surface area contributed by atoms with Gasteiger partial charge in [-0.15, -0.1) is 0 Å². The van der Waals surface area contributed by atoms with Gasteiger partial charge in [0.2, 0.25) is 11.8 Å². The highest BCUT2D eigenvalue weighted by molar-refractivity contribution is 5.87. The first kappa shape index (κ1) is 16.9. The van der Waals surface area contributed by atoms with Crippen molar-refractivity contribution in [2.24, 2.45) is 11.7 Å². The van der Waals surface area contributed by atoms with Crippen molar-refractivity contribution in [3.8, 4) is 0 Å². The maximum Gasteiger partial charge on any atom is 0.241 e. The third-order valence-corrected chi connectivity index (χ3v) is 2.64. The standard InChI is InChI=1S/C12H25N3O3/c1-5-18-7-6-15(4)10(16)8-14-12(17)11(13)9(2)3/h9,11H,5-8,13H2,1-4H3,(H,14,17)/t11-/m0/s1. The molecule has 0 aromatic rings. The van der Waals surface area contributed by atoms with Crippen LogP contribution in [0.2, 0.25) is 0 Å². The monoisotopic (exact) mass is 259 g/mol. The molecule has 6 heteroatoms. The van der Waals surface area contributed by atoms with Gasteiger partial charge in [0.05, 0.1) is 19.2 Å². The molecule has 0 radical (unpaired) electrons.